The van der Waals surface area contributed by atoms with Gasteiger partial charge in [-0.05, 0) is 26.4 Å². The van der Waals surface area contributed by atoms with Crippen molar-refractivity contribution in [1.82, 2.24) is 14.7 Å². The molecule has 0 N–H and O–H groups in total. The van der Waals surface area contributed by atoms with E-state index >= 15 is 0 Å². The zero-order valence-electron chi connectivity index (χ0n) is 8.45. The standard InChI is InChI=1S/C10H19N3/c1-11-4-2-5-12-6-3-7-13-9(8-11)10(12)13/h9-10H,2-8H2,1H3. The SMILES string of the molecule is CN1CCCN2CCCN3C(C1)C23. The molecule has 13 heavy (non-hydrogen) atoms. The Labute approximate surface area is 80.3 Å². The summed E-state index contributed by atoms with van der Waals surface area (Å²) in [6.45, 7) is 6.60. The molecule has 3 rings (SSSR count). The molecule has 3 atom stereocenters. The Balaban J connectivity index is 1.74. The van der Waals surface area contributed by atoms with Gasteiger partial charge in [0.05, 0.1) is 12.2 Å². The first kappa shape index (κ1) is 8.21. The fraction of sp³-hybridized carbons (Fsp3) is 1.00. The Morgan fingerprint density at radius 2 is 1.77 bits per heavy atom. The van der Waals surface area contributed by atoms with Crippen molar-refractivity contribution in [1.29, 1.82) is 0 Å². The first-order valence-electron chi connectivity index (χ1n) is 5.54. The van der Waals surface area contributed by atoms with Gasteiger partial charge >= 0.3 is 0 Å². The van der Waals surface area contributed by atoms with Crippen LogP contribution in [0.3, 0.4) is 0 Å². The molecule has 3 fully saturated rings. The van der Waals surface area contributed by atoms with Crippen LogP contribution >= 0.6 is 0 Å². The lowest BCUT2D eigenvalue weighted by atomic mass is 10.2. The fourth-order valence-electron chi connectivity index (χ4n) is 3.05. The Morgan fingerprint density at radius 3 is 2.62 bits per heavy atom. The first-order chi connectivity index (χ1) is 6.36. The molecule has 74 valence electrons. The molecular formula is C10H19N3. The summed E-state index contributed by atoms with van der Waals surface area (Å²) in [5.41, 5.74) is 0. The molecule has 3 unspecified atom stereocenters. The molecule has 0 aromatic rings. The van der Waals surface area contributed by atoms with E-state index in [9.17, 15) is 0 Å². The van der Waals surface area contributed by atoms with Crippen molar-refractivity contribution in [2.75, 3.05) is 39.8 Å². The fourth-order valence-corrected chi connectivity index (χ4v) is 3.05. The highest BCUT2D eigenvalue weighted by Crippen LogP contribution is 2.36. The number of likely N-dealkylation sites (N-methyl/N-ethyl adjacent to an activating group) is 1. The highest BCUT2D eigenvalue weighted by Gasteiger charge is 2.52. The van der Waals surface area contributed by atoms with Crippen molar-refractivity contribution in [2.45, 2.75) is 25.0 Å². The van der Waals surface area contributed by atoms with Gasteiger partial charge in [0.25, 0.3) is 0 Å². The van der Waals surface area contributed by atoms with Crippen LogP contribution in [0, 0.1) is 0 Å². The Bertz CT molecular complexity index is 206. The van der Waals surface area contributed by atoms with E-state index in [0.29, 0.717) is 0 Å². The molecule has 0 spiro atoms. The summed E-state index contributed by atoms with van der Waals surface area (Å²) in [7, 11) is 2.26. The molecule has 3 aliphatic heterocycles. The van der Waals surface area contributed by atoms with E-state index in [-0.39, 0.29) is 0 Å². The minimum atomic E-state index is 0.830. The second-order valence-electron chi connectivity index (χ2n) is 4.72. The maximum Gasteiger partial charge on any atom is 0.0800 e. The van der Waals surface area contributed by atoms with Gasteiger partial charge in [-0.1, -0.05) is 0 Å². The minimum absolute atomic E-state index is 0.830. The van der Waals surface area contributed by atoms with Crippen molar-refractivity contribution in [3.05, 3.63) is 0 Å². The Kier molecular flexibility index (Phi) is 1.86. The van der Waals surface area contributed by atoms with Crippen molar-refractivity contribution in [3.8, 4) is 0 Å². The number of fused-ring (bicyclic) bond motifs is 1. The second-order valence-corrected chi connectivity index (χ2v) is 4.72. The molecule has 3 heteroatoms. The summed E-state index contributed by atoms with van der Waals surface area (Å²) in [4.78, 5) is 7.87. The van der Waals surface area contributed by atoms with Crippen LogP contribution in [0.15, 0.2) is 0 Å². The Hall–Kier alpha value is -0.120. The molecule has 0 aromatic heterocycles. The van der Waals surface area contributed by atoms with Gasteiger partial charge in [0, 0.05) is 26.2 Å². The van der Waals surface area contributed by atoms with Gasteiger partial charge in [0.1, 0.15) is 0 Å². The van der Waals surface area contributed by atoms with E-state index < -0.39 is 0 Å². The molecule has 0 saturated carbocycles. The topological polar surface area (TPSA) is 9.49 Å². The lowest BCUT2D eigenvalue weighted by molar-refractivity contribution is 0.164. The van der Waals surface area contributed by atoms with Crippen LogP contribution in [0.2, 0.25) is 0 Å². The van der Waals surface area contributed by atoms with Gasteiger partial charge in [-0.2, -0.15) is 0 Å². The van der Waals surface area contributed by atoms with Crippen molar-refractivity contribution >= 4 is 0 Å². The summed E-state index contributed by atoms with van der Waals surface area (Å²) in [5.74, 6) is 0. The van der Waals surface area contributed by atoms with Crippen LogP contribution in [0.5, 0.6) is 0 Å². The smallest absolute Gasteiger partial charge is 0.0800 e. The lowest BCUT2D eigenvalue weighted by Crippen LogP contribution is -2.40. The number of rotatable bonds is 0. The van der Waals surface area contributed by atoms with Crippen molar-refractivity contribution in [2.24, 2.45) is 0 Å². The van der Waals surface area contributed by atoms with Gasteiger partial charge < -0.3 is 4.90 Å². The van der Waals surface area contributed by atoms with Crippen LogP contribution in [-0.4, -0.2) is 66.7 Å². The van der Waals surface area contributed by atoms with E-state index in [2.05, 4.69) is 21.7 Å². The van der Waals surface area contributed by atoms with E-state index in [1.165, 1.54) is 45.6 Å². The summed E-state index contributed by atoms with van der Waals surface area (Å²) < 4.78 is 0. The quantitative estimate of drug-likeness (QED) is 0.488. The number of hydrogen-bond acceptors (Lipinski definition) is 3. The van der Waals surface area contributed by atoms with E-state index in [1.54, 1.807) is 0 Å². The maximum absolute atomic E-state index is 2.70. The predicted molar refractivity (Wildman–Crippen MR) is 52.6 cm³/mol. The molecule has 0 aromatic carbocycles. The maximum atomic E-state index is 2.70. The average molecular weight is 181 g/mol. The van der Waals surface area contributed by atoms with Crippen LogP contribution in [0.4, 0.5) is 0 Å². The van der Waals surface area contributed by atoms with Gasteiger partial charge in [-0.15, -0.1) is 0 Å². The molecule has 0 amide bonds. The zero-order valence-corrected chi connectivity index (χ0v) is 8.45. The second kappa shape index (κ2) is 2.94. The van der Waals surface area contributed by atoms with Gasteiger partial charge in [0.15, 0.2) is 0 Å². The number of nitrogens with zero attached hydrogens (tertiary/aromatic N) is 3. The normalized spacial score (nSPS) is 46.4. The summed E-state index contributed by atoms with van der Waals surface area (Å²) >= 11 is 0. The third kappa shape index (κ3) is 1.30. The monoisotopic (exact) mass is 181 g/mol. The molecule has 3 aliphatic rings. The molecular weight excluding hydrogens is 162 g/mol. The van der Waals surface area contributed by atoms with Crippen molar-refractivity contribution in [3.63, 3.8) is 0 Å². The molecule has 0 bridgehead atoms. The number of hydrogen-bond donors (Lipinski definition) is 0. The lowest BCUT2D eigenvalue weighted by Gasteiger charge is -2.28. The Morgan fingerprint density at radius 1 is 1.00 bits per heavy atom. The van der Waals surface area contributed by atoms with Crippen LogP contribution in [0.1, 0.15) is 12.8 Å². The summed E-state index contributed by atoms with van der Waals surface area (Å²) in [5, 5.41) is 0. The zero-order chi connectivity index (χ0) is 8.84. The summed E-state index contributed by atoms with van der Waals surface area (Å²) in [6.07, 6.45) is 3.57. The van der Waals surface area contributed by atoms with Crippen LogP contribution in [-0.2, 0) is 0 Å². The third-order valence-corrected chi connectivity index (χ3v) is 3.74. The van der Waals surface area contributed by atoms with Crippen molar-refractivity contribution < 1.29 is 0 Å². The van der Waals surface area contributed by atoms with Gasteiger partial charge in [0.2, 0.25) is 0 Å². The minimum Gasteiger partial charge on any atom is -0.305 e. The third-order valence-electron chi connectivity index (χ3n) is 3.74. The predicted octanol–water partition coefficient (Wildman–Crippen LogP) is 0.0379. The molecule has 3 saturated heterocycles. The summed E-state index contributed by atoms with van der Waals surface area (Å²) in [6, 6.07) is 0.868. The van der Waals surface area contributed by atoms with E-state index in [4.69, 9.17) is 0 Å². The first-order valence-corrected chi connectivity index (χ1v) is 5.54. The average Bonchev–Trinajstić information content (AvgIpc) is 2.77. The largest absolute Gasteiger partial charge is 0.305 e. The van der Waals surface area contributed by atoms with E-state index in [1.807, 2.05) is 0 Å². The van der Waals surface area contributed by atoms with Crippen LogP contribution < -0.4 is 0 Å². The van der Waals surface area contributed by atoms with Crippen LogP contribution in [0.25, 0.3) is 0 Å². The molecule has 3 nitrogen and oxygen atoms in total. The highest BCUT2D eigenvalue weighted by atomic mass is 15.5. The van der Waals surface area contributed by atoms with Gasteiger partial charge in [-0.3, -0.25) is 9.80 Å². The van der Waals surface area contributed by atoms with Gasteiger partial charge in [-0.25, -0.2) is 0 Å². The molecule has 0 aliphatic carbocycles. The molecule has 0 radical (unpaired) electrons. The highest BCUT2D eigenvalue weighted by molar-refractivity contribution is 5.05. The molecule has 3 heterocycles. The van der Waals surface area contributed by atoms with E-state index in [0.717, 1.165) is 12.2 Å².